The zero-order valence-electron chi connectivity index (χ0n) is 13.0. The van der Waals surface area contributed by atoms with Gasteiger partial charge < -0.3 is 10.1 Å². The molecule has 1 atom stereocenters. The number of fused-ring (bicyclic) bond motifs is 1. The Kier molecular flexibility index (Phi) is 4.76. The van der Waals surface area contributed by atoms with Crippen molar-refractivity contribution < 1.29 is 4.74 Å². The van der Waals surface area contributed by atoms with Crippen LogP contribution in [-0.4, -0.2) is 21.9 Å². The summed E-state index contributed by atoms with van der Waals surface area (Å²) in [6.07, 6.45) is 2.18. The van der Waals surface area contributed by atoms with Crippen LogP contribution in [0.4, 0.5) is 0 Å². The Labute approximate surface area is 135 Å². The highest BCUT2D eigenvalue weighted by atomic mass is 35.5. The van der Waals surface area contributed by atoms with Crippen molar-refractivity contribution in [3.8, 4) is 0 Å². The van der Waals surface area contributed by atoms with Gasteiger partial charge in [0.2, 0.25) is 0 Å². The Morgan fingerprint density at radius 2 is 2.32 bits per heavy atom. The molecule has 6 heteroatoms. The van der Waals surface area contributed by atoms with E-state index < -0.39 is 0 Å². The molecular weight excluding hydrogens is 300 g/mol. The summed E-state index contributed by atoms with van der Waals surface area (Å²) in [4.78, 5) is 4.60. The minimum absolute atomic E-state index is 0.229. The Morgan fingerprint density at radius 3 is 3.09 bits per heavy atom. The van der Waals surface area contributed by atoms with E-state index >= 15 is 0 Å². The molecule has 1 aliphatic rings. The second kappa shape index (κ2) is 6.77. The normalized spacial score (nSPS) is 17.5. The van der Waals surface area contributed by atoms with Crippen LogP contribution >= 0.6 is 11.6 Å². The smallest absolute Gasteiger partial charge is 0.176 e. The average Bonchev–Trinajstić information content (AvgIpc) is 2.92. The highest BCUT2D eigenvalue weighted by Crippen LogP contribution is 2.24. The molecule has 1 aromatic heterocycles. The summed E-state index contributed by atoms with van der Waals surface area (Å²) < 4.78 is 7.12. The van der Waals surface area contributed by atoms with Crippen molar-refractivity contribution in [3.63, 3.8) is 0 Å². The maximum atomic E-state index is 6.19. The first kappa shape index (κ1) is 15.5. The topological polar surface area (TPSA) is 52.0 Å². The number of nitrogens with zero attached hydrogens (tertiary/aromatic N) is 3. The van der Waals surface area contributed by atoms with Crippen LogP contribution in [-0.2, 0) is 24.4 Å². The summed E-state index contributed by atoms with van der Waals surface area (Å²) in [5, 5.41) is 8.88. The largest absolute Gasteiger partial charge is 0.377 e. The third kappa shape index (κ3) is 3.32. The second-order valence-corrected chi connectivity index (χ2v) is 6.11. The summed E-state index contributed by atoms with van der Waals surface area (Å²) in [5.74, 6) is 1.76. The SMILES string of the molecule is COCc1nc2n(n1)CCC[C@H]2NCc1ccc(C)c(Cl)c1. The van der Waals surface area contributed by atoms with E-state index in [0.717, 1.165) is 48.2 Å². The summed E-state index contributed by atoms with van der Waals surface area (Å²) >= 11 is 6.19. The Bertz CT molecular complexity index is 656. The first-order valence-electron chi connectivity index (χ1n) is 7.58. The fourth-order valence-corrected chi connectivity index (χ4v) is 2.97. The number of methoxy groups -OCH3 is 1. The summed E-state index contributed by atoms with van der Waals surface area (Å²) in [6.45, 7) is 4.18. The fraction of sp³-hybridized carbons (Fsp3) is 0.500. The van der Waals surface area contributed by atoms with Crippen LogP contribution < -0.4 is 5.32 Å². The van der Waals surface area contributed by atoms with E-state index in [2.05, 4.69) is 27.5 Å². The highest BCUT2D eigenvalue weighted by molar-refractivity contribution is 6.31. The molecule has 5 nitrogen and oxygen atoms in total. The molecule has 0 spiro atoms. The maximum Gasteiger partial charge on any atom is 0.176 e. The first-order chi connectivity index (χ1) is 10.7. The molecule has 0 fully saturated rings. The number of nitrogens with one attached hydrogen (secondary N) is 1. The minimum atomic E-state index is 0.229. The van der Waals surface area contributed by atoms with Gasteiger partial charge in [-0.2, -0.15) is 5.10 Å². The first-order valence-corrected chi connectivity index (χ1v) is 7.96. The number of aryl methyl sites for hydroxylation is 2. The standard InChI is InChI=1S/C16H21ClN4O/c1-11-5-6-12(8-13(11)17)9-18-14-4-3-7-21-16(14)19-15(20-21)10-22-2/h5-6,8,14,18H,3-4,7,9-10H2,1-2H3/t14-/m1/s1. The quantitative estimate of drug-likeness (QED) is 0.920. The van der Waals surface area contributed by atoms with Crippen LogP contribution in [0, 0.1) is 6.92 Å². The van der Waals surface area contributed by atoms with Crippen LogP contribution in [0.2, 0.25) is 5.02 Å². The molecule has 0 saturated heterocycles. The van der Waals surface area contributed by atoms with E-state index in [4.69, 9.17) is 16.3 Å². The summed E-state index contributed by atoms with van der Waals surface area (Å²) in [6, 6.07) is 6.41. The van der Waals surface area contributed by atoms with Crippen molar-refractivity contribution in [1.29, 1.82) is 0 Å². The number of ether oxygens (including phenoxy) is 1. The van der Waals surface area contributed by atoms with E-state index in [9.17, 15) is 0 Å². The predicted octanol–water partition coefficient (Wildman–Crippen LogP) is 3.01. The van der Waals surface area contributed by atoms with Crippen LogP contribution in [0.5, 0.6) is 0 Å². The second-order valence-electron chi connectivity index (χ2n) is 5.70. The summed E-state index contributed by atoms with van der Waals surface area (Å²) in [7, 11) is 1.66. The molecule has 0 bridgehead atoms. The van der Waals surface area contributed by atoms with E-state index in [1.54, 1.807) is 7.11 Å². The van der Waals surface area contributed by atoms with Gasteiger partial charge in [0.05, 0.1) is 6.04 Å². The number of hydrogen-bond donors (Lipinski definition) is 1. The van der Waals surface area contributed by atoms with Gasteiger partial charge in [-0.1, -0.05) is 23.7 Å². The highest BCUT2D eigenvalue weighted by Gasteiger charge is 2.23. The Hall–Kier alpha value is -1.43. The molecule has 1 aromatic carbocycles. The lowest BCUT2D eigenvalue weighted by molar-refractivity contribution is 0.177. The van der Waals surface area contributed by atoms with Gasteiger partial charge in [-0.25, -0.2) is 9.67 Å². The van der Waals surface area contributed by atoms with Crippen molar-refractivity contribution in [1.82, 2.24) is 20.1 Å². The zero-order chi connectivity index (χ0) is 15.5. The zero-order valence-corrected chi connectivity index (χ0v) is 13.7. The van der Waals surface area contributed by atoms with Crippen LogP contribution in [0.15, 0.2) is 18.2 Å². The number of hydrogen-bond acceptors (Lipinski definition) is 4. The van der Waals surface area contributed by atoms with Gasteiger partial charge in [-0.05, 0) is 37.0 Å². The van der Waals surface area contributed by atoms with Crippen molar-refractivity contribution in [3.05, 3.63) is 46.0 Å². The van der Waals surface area contributed by atoms with Crippen LogP contribution in [0.3, 0.4) is 0 Å². The maximum absolute atomic E-state index is 6.19. The number of rotatable bonds is 5. The average molecular weight is 321 g/mol. The van der Waals surface area contributed by atoms with Gasteiger partial charge >= 0.3 is 0 Å². The van der Waals surface area contributed by atoms with Gasteiger partial charge in [-0.3, -0.25) is 0 Å². The molecular formula is C16H21ClN4O. The van der Waals surface area contributed by atoms with E-state index in [1.165, 1.54) is 5.56 Å². The number of benzene rings is 1. The van der Waals surface area contributed by atoms with Gasteiger partial charge in [0.1, 0.15) is 12.4 Å². The third-order valence-electron chi connectivity index (χ3n) is 3.98. The molecule has 2 heterocycles. The van der Waals surface area contributed by atoms with Gasteiger partial charge in [-0.15, -0.1) is 0 Å². The molecule has 0 radical (unpaired) electrons. The lowest BCUT2D eigenvalue weighted by atomic mass is 10.1. The number of aromatic nitrogens is 3. The van der Waals surface area contributed by atoms with Gasteiger partial charge in [0, 0.05) is 25.2 Å². The molecule has 1 N–H and O–H groups in total. The molecule has 0 unspecified atom stereocenters. The van der Waals surface area contributed by atoms with Crippen molar-refractivity contribution >= 4 is 11.6 Å². The van der Waals surface area contributed by atoms with Gasteiger partial charge in [0.15, 0.2) is 5.82 Å². The molecule has 0 aliphatic carbocycles. The van der Waals surface area contributed by atoms with Crippen molar-refractivity contribution in [2.24, 2.45) is 0 Å². The van der Waals surface area contributed by atoms with Gasteiger partial charge in [0.25, 0.3) is 0 Å². The lowest BCUT2D eigenvalue weighted by Crippen LogP contribution is -2.28. The number of halogens is 1. The van der Waals surface area contributed by atoms with Crippen LogP contribution in [0.1, 0.15) is 41.7 Å². The van der Waals surface area contributed by atoms with Crippen molar-refractivity contribution in [2.45, 2.75) is 45.5 Å². The molecule has 0 saturated carbocycles. The molecule has 0 amide bonds. The third-order valence-corrected chi connectivity index (χ3v) is 4.39. The molecule has 22 heavy (non-hydrogen) atoms. The lowest BCUT2D eigenvalue weighted by Gasteiger charge is -2.23. The minimum Gasteiger partial charge on any atom is -0.377 e. The molecule has 118 valence electrons. The Morgan fingerprint density at radius 1 is 1.45 bits per heavy atom. The van der Waals surface area contributed by atoms with Crippen molar-refractivity contribution in [2.75, 3.05) is 7.11 Å². The fourth-order valence-electron chi connectivity index (χ4n) is 2.77. The Balaban J connectivity index is 1.70. The van der Waals surface area contributed by atoms with E-state index in [0.29, 0.717) is 6.61 Å². The van der Waals surface area contributed by atoms with E-state index in [-0.39, 0.29) is 6.04 Å². The monoisotopic (exact) mass is 320 g/mol. The summed E-state index contributed by atoms with van der Waals surface area (Å²) in [5.41, 5.74) is 2.29. The predicted molar refractivity (Wildman–Crippen MR) is 85.7 cm³/mol. The van der Waals surface area contributed by atoms with Crippen LogP contribution in [0.25, 0.3) is 0 Å². The molecule has 1 aliphatic heterocycles. The van der Waals surface area contributed by atoms with E-state index in [1.807, 2.05) is 17.7 Å². The molecule has 2 aromatic rings. The molecule has 3 rings (SSSR count).